The number of carbonyl (C=O) groups excluding carboxylic acids is 1. The van der Waals surface area contributed by atoms with Gasteiger partial charge in [-0.15, -0.1) is 0 Å². The van der Waals surface area contributed by atoms with Crippen molar-refractivity contribution in [2.45, 2.75) is 18.6 Å². The summed E-state index contributed by atoms with van der Waals surface area (Å²) >= 11 is 0. The van der Waals surface area contributed by atoms with Crippen LogP contribution in [0.15, 0.2) is 24.3 Å². The van der Waals surface area contributed by atoms with Gasteiger partial charge in [-0.05, 0) is 32.6 Å². The van der Waals surface area contributed by atoms with Crippen LogP contribution < -0.4 is 0 Å². The lowest BCUT2D eigenvalue weighted by Crippen LogP contribution is -2.44. The van der Waals surface area contributed by atoms with Crippen molar-refractivity contribution in [3.8, 4) is 0 Å². The molecule has 0 radical (unpaired) electrons. The zero-order valence-corrected chi connectivity index (χ0v) is 12.9. The minimum absolute atomic E-state index is 0.0602. The van der Waals surface area contributed by atoms with Gasteiger partial charge in [-0.2, -0.15) is 15.0 Å². The number of benzene rings is 1. The Morgan fingerprint density at radius 3 is 2.55 bits per heavy atom. The van der Waals surface area contributed by atoms with Gasteiger partial charge >= 0.3 is 0 Å². The molecule has 0 aliphatic carbocycles. The second-order valence-electron chi connectivity index (χ2n) is 6.25. The number of likely N-dealkylation sites (N-methyl/N-ethyl adjacent to an activating group) is 1. The molecule has 22 heavy (non-hydrogen) atoms. The van der Waals surface area contributed by atoms with Crippen molar-refractivity contribution in [1.82, 2.24) is 24.8 Å². The first kappa shape index (κ1) is 14.9. The quantitative estimate of drug-likeness (QED) is 0.857. The van der Waals surface area contributed by atoms with E-state index in [0.717, 1.165) is 11.0 Å². The van der Waals surface area contributed by atoms with Gasteiger partial charge in [0, 0.05) is 13.1 Å². The lowest BCUT2D eigenvalue weighted by molar-refractivity contribution is -0.132. The molecule has 7 heteroatoms. The van der Waals surface area contributed by atoms with Crippen LogP contribution in [0, 0.1) is 0 Å². The molecule has 1 aliphatic heterocycles. The number of aromatic nitrogens is 3. The number of rotatable bonds is 4. The molecule has 1 saturated heterocycles. The van der Waals surface area contributed by atoms with E-state index >= 15 is 0 Å². The molecule has 0 saturated carbocycles. The second kappa shape index (κ2) is 5.66. The fourth-order valence-electron chi connectivity index (χ4n) is 2.98. The number of β-amino-alcohol motifs (C(OH)–C–C–N with tert-alkyl or cyclic N) is 1. The van der Waals surface area contributed by atoms with Gasteiger partial charge in [-0.25, -0.2) is 0 Å². The van der Waals surface area contributed by atoms with E-state index in [2.05, 4.69) is 10.2 Å². The van der Waals surface area contributed by atoms with Crippen LogP contribution in [0.5, 0.6) is 0 Å². The molecule has 2 aromatic rings. The van der Waals surface area contributed by atoms with Crippen molar-refractivity contribution in [2.75, 3.05) is 33.7 Å². The minimum Gasteiger partial charge on any atom is -0.387 e. The summed E-state index contributed by atoms with van der Waals surface area (Å²) in [6.07, 6.45) is 0.603. The number of likely N-dealkylation sites (tertiary alicyclic amines) is 1. The van der Waals surface area contributed by atoms with Crippen molar-refractivity contribution in [2.24, 2.45) is 0 Å². The fraction of sp³-hybridized carbons (Fsp3) is 0.533. The van der Waals surface area contributed by atoms with E-state index in [4.69, 9.17) is 0 Å². The Morgan fingerprint density at radius 1 is 1.32 bits per heavy atom. The molecule has 3 rings (SSSR count). The first-order valence-corrected chi connectivity index (χ1v) is 7.40. The number of fused-ring (bicyclic) bond motifs is 1. The third-order valence-electron chi connectivity index (χ3n) is 3.90. The van der Waals surface area contributed by atoms with E-state index in [-0.39, 0.29) is 12.5 Å². The number of nitrogens with zero attached hydrogens (tertiary/aromatic N) is 5. The van der Waals surface area contributed by atoms with E-state index in [1.807, 2.05) is 43.3 Å². The van der Waals surface area contributed by atoms with Crippen molar-refractivity contribution < 1.29 is 9.90 Å². The molecule has 1 N–H and O–H groups in total. The number of carbonyl (C=O) groups is 1. The van der Waals surface area contributed by atoms with Gasteiger partial charge in [0.1, 0.15) is 17.6 Å². The molecular weight excluding hydrogens is 282 g/mol. The van der Waals surface area contributed by atoms with Crippen molar-refractivity contribution in [1.29, 1.82) is 0 Å². The molecule has 118 valence electrons. The van der Waals surface area contributed by atoms with Crippen LogP contribution in [-0.4, -0.2) is 75.1 Å². The average molecular weight is 303 g/mol. The zero-order chi connectivity index (χ0) is 15.7. The Morgan fingerprint density at radius 2 is 1.95 bits per heavy atom. The third kappa shape index (κ3) is 3.10. The summed E-state index contributed by atoms with van der Waals surface area (Å²) in [5, 5.41) is 19.1. The lowest BCUT2D eigenvalue weighted by Gasteiger charge is -2.26. The number of aliphatic hydroxyl groups is 1. The number of amides is 1. The summed E-state index contributed by atoms with van der Waals surface area (Å²) in [4.78, 5) is 17.4. The van der Waals surface area contributed by atoms with Crippen molar-refractivity contribution in [3.63, 3.8) is 0 Å². The summed E-state index contributed by atoms with van der Waals surface area (Å²) in [6.45, 7) is 1.60. The highest BCUT2D eigenvalue weighted by atomic mass is 16.3. The Balaban J connectivity index is 1.65. The SMILES string of the molecule is CN(C)C[C@@]1(O)CCN(C(=O)Cn2nc3ccccc3n2)C1. The summed E-state index contributed by atoms with van der Waals surface area (Å²) < 4.78 is 0. The molecule has 1 aliphatic rings. The van der Waals surface area contributed by atoms with Crippen molar-refractivity contribution in [3.05, 3.63) is 24.3 Å². The maximum Gasteiger partial charge on any atom is 0.246 e. The molecule has 1 amide bonds. The standard InChI is InChI=1S/C15H21N5O2/c1-18(2)10-15(22)7-8-19(11-15)14(21)9-20-16-12-5-3-4-6-13(12)17-20/h3-6,22H,7-11H2,1-2H3/t15-/m0/s1. The maximum atomic E-state index is 12.4. The Hall–Kier alpha value is -1.99. The van der Waals surface area contributed by atoms with Gasteiger partial charge in [-0.1, -0.05) is 12.1 Å². The molecule has 0 spiro atoms. The third-order valence-corrected chi connectivity index (χ3v) is 3.90. The van der Waals surface area contributed by atoms with E-state index < -0.39 is 5.60 Å². The highest BCUT2D eigenvalue weighted by Crippen LogP contribution is 2.22. The molecule has 1 fully saturated rings. The molecule has 0 bridgehead atoms. The molecule has 2 heterocycles. The van der Waals surface area contributed by atoms with Gasteiger partial charge in [0.15, 0.2) is 0 Å². The highest BCUT2D eigenvalue weighted by Gasteiger charge is 2.38. The van der Waals surface area contributed by atoms with Crippen LogP contribution in [0.3, 0.4) is 0 Å². The Labute approximate surface area is 129 Å². The molecule has 1 aromatic carbocycles. The van der Waals surface area contributed by atoms with Crippen LogP contribution in [-0.2, 0) is 11.3 Å². The predicted molar refractivity (Wildman–Crippen MR) is 82.2 cm³/mol. The van der Waals surface area contributed by atoms with Gasteiger partial charge in [0.05, 0.1) is 12.1 Å². The maximum absolute atomic E-state index is 12.4. The fourth-order valence-corrected chi connectivity index (χ4v) is 2.98. The number of hydrogen-bond acceptors (Lipinski definition) is 5. The van der Waals surface area contributed by atoms with Crippen LogP contribution in [0.25, 0.3) is 11.0 Å². The van der Waals surface area contributed by atoms with Gasteiger partial charge in [0.2, 0.25) is 5.91 Å². The normalized spacial score (nSPS) is 21.9. The van der Waals surface area contributed by atoms with E-state index in [1.54, 1.807) is 4.90 Å². The van der Waals surface area contributed by atoms with Crippen LogP contribution in [0.4, 0.5) is 0 Å². The summed E-state index contributed by atoms with van der Waals surface area (Å²) in [6, 6.07) is 7.53. The van der Waals surface area contributed by atoms with E-state index in [0.29, 0.717) is 26.1 Å². The first-order chi connectivity index (χ1) is 10.5. The highest BCUT2D eigenvalue weighted by molar-refractivity contribution is 5.77. The topological polar surface area (TPSA) is 74.5 Å². The predicted octanol–water partition coefficient (Wildman–Crippen LogP) is -0.0437. The van der Waals surface area contributed by atoms with E-state index in [9.17, 15) is 9.90 Å². The van der Waals surface area contributed by atoms with Gasteiger partial charge in [0.25, 0.3) is 0 Å². The zero-order valence-electron chi connectivity index (χ0n) is 12.9. The van der Waals surface area contributed by atoms with Crippen LogP contribution in [0.2, 0.25) is 0 Å². The molecule has 1 aromatic heterocycles. The molecule has 1 atom stereocenters. The minimum atomic E-state index is -0.818. The smallest absolute Gasteiger partial charge is 0.246 e. The Kier molecular flexibility index (Phi) is 3.84. The molecule has 7 nitrogen and oxygen atoms in total. The Bertz CT molecular complexity index is 650. The molecule has 0 unspecified atom stereocenters. The van der Waals surface area contributed by atoms with Gasteiger partial charge in [-0.3, -0.25) is 4.79 Å². The van der Waals surface area contributed by atoms with Crippen LogP contribution >= 0.6 is 0 Å². The van der Waals surface area contributed by atoms with Crippen LogP contribution in [0.1, 0.15) is 6.42 Å². The largest absolute Gasteiger partial charge is 0.387 e. The van der Waals surface area contributed by atoms with Gasteiger partial charge < -0.3 is 14.9 Å². The number of hydrogen-bond donors (Lipinski definition) is 1. The molecular formula is C15H21N5O2. The summed E-state index contributed by atoms with van der Waals surface area (Å²) in [5.74, 6) is -0.0602. The second-order valence-corrected chi connectivity index (χ2v) is 6.25. The average Bonchev–Trinajstić information content (AvgIpc) is 3.01. The lowest BCUT2D eigenvalue weighted by atomic mass is 10.0. The monoisotopic (exact) mass is 303 g/mol. The summed E-state index contributed by atoms with van der Waals surface area (Å²) in [5.41, 5.74) is 0.739. The summed E-state index contributed by atoms with van der Waals surface area (Å²) in [7, 11) is 3.84. The first-order valence-electron chi connectivity index (χ1n) is 7.40. The van der Waals surface area contributed by atoms with Crippen molar-refractivity contribution >= 4 is 16.9 Å². The van der Waals surface area contributed by atoms with E-state index in [1.165, 1.54) is 4.80 Å².